The second-order valence-corrected chi connectivity index (χ2v) is 8.61. The zero-order valence-corrected chi connectivity index (χ0v) is 18.4. The number of hydrogen-bond donors (Lipinski definition) is 1. The molecule has 0 saturated carbocycles. The van der Waals surface area contributed by atoms with Gasteiger partial charge in [-0.25, -0.2) is 0 Å². The molecule has 3 aromatic rings. The summed E-state index contributed by atoms with van der Waals surface area (Å²) in [6.07, 6.45) is 4.62. The van der Waals surface area contributed by atoms with Gasteiger partial charge < -0.3 is 15.0 Å². The van der Waals surface area contributed by atoms with Gasteiger partial charge in [-0.15, -0.1) is 6.58 Å². The van der Waals surface area contributed by atoms with E-state index in [2.05, 4.69) is 54.4 Å². The van der Waals surface area contributed by atoms with Gasteiger partial charge in [-0.2, -0.15) is 5.10 Å². The van der Waals surface area contributed by atoms with E-state index < -0.39 is 0 Å². The highest BCUT2D eigenvalue weighted by molar-refractivity contribution is 5.94. The zero-order chi connectivity index (χ0) is 21.9. The van der Waals surface area contributed by atoms with E-state index in [1.165, 1.54) is 22.0 Å². The summed E-state index contributed by atoms with van der Waals surface area (Å²) in [7, 11) is 0. The van der Waals surface area contributed by atoms with Gasteiger partial charge in [0.05, 0.1) is 19.8 Å². The van der Waals surface area contributed by atoms with Crippen LogP contribution in [-0.4, -0.2) is 52.9 Å². The number of fused-ring (bicyclic) bond motifs is 2. The molecular weight excluding hydrogens is 400 g/mol. The molecule has 1 saturated heterocycles. The molecule has 1 N–H and O–H groups in total. The highest BCUT2D eigenvalue weighted by atomic mass is 16.5. The number of hydrogen-bond acceptors (Lipinski definition) is 4. The van der Waals surface area contributed by atoms with Crippen molar-refractivity contribution < 1.29 is 9.53 Å². The number of carbonyl (C=O) groups is 1. The first-order valence-electron chi connectivity index (χ1n) is 11.5. The molecule has 2 aromatic carbocycles. The Morgan fingerprint density at radius 1 is 1.19 bits per heavy atom. The lowest BCUT2D eigenvalue weighted by atomic mass is 9.90. The summed E-state index contributed by atoms with van der Waals surface area (Å²) in [4.78, 5) is 15.1. The van der Waals surface area contributed by atoms with Crippen molar-refractivity contribution in [1.29, 1.82) is 0 Å². The average molecular weight is 431 g/mol. The molecule has 0 bridgehead atoms. The predicted molar refractivity (Wildman–Crippen MR) is 126 cm³/mol. The molecular formula is C26H30N4O2. The molecule has 1 fully saturated rings. The van der Waals surface area contributed by atoms with Gasteiger partial charge in [0.25, 0.3) is 5.91 Å². The number of allylic oxidation sites excluding steroid dienone is 1. The first-order chi connectivity index (χ1) is 15.7. The van der Waals surface area contributed by atoms with E-state index in [9.17, 15) is 4.79 Å². The summed E-state index contributed by atoms with van der Waals surface area (Å²) in [5.74, 6) is 0.0297. The fourth-order valence-electron chi connectivity index (χ4n) is 4.92. The molecule has 0 radical (unpaired) electrons. The maximum atomic E-state index is 13.3. The molecule has 2 heterocycles. The normalized spacial score (nSPS) is 18.5. The molecule has 1 aliphatic heterocycles. The second kappa shape index (κ2) is 9.27. The van der Waals surface area contributed by atoms with Crippen LogP contribution in [0.1, 0.15) is 33.7 Å². The maximum Gasteiger partial charge on any atom is 0.274 e. The van der Waals surface area contributed by atoms with Crippen LogP contribution in [0.15, 0.2) is 55.1 Å². The fraction of sp³-hybridized carbons (Fsp3) is 0.385. The molecule has 1 amide bonds. The van der Waals surface area contributed by atoms with Crippen LogP contribution in [0, 0.1) is 0 Å². The van der Waals surface area contributed by atoms with Crippen LogP contribution in [0.4, 0.5) is 0 Å². The molecule has 1 aliphatic carbocycles. The van der Waals surface area contributed by atoms with Gasteiger partial charge in [0, 0.05) is 36.9 Å². The Morgan fingerprint density at radius 3 is 2.84 bits per heavy atom. The van der Waals surface area contributed by atoms with Crippen molar-refractivity contribution in [3.63, 3.8) is 0 Å². The van der Waals surface area contributed by atoms with Gasteiger partial charge in [0.15, 0.2) is 5.69 Å². The van der Waals surface area contributed by atoms with Gasteiger partial charge in [0.2, 0.25) is 0 Å². The number of rotatable bonds is 6. The third-order valence-corrected chi connectivity index (χ3v) is 6.61. The van der Waals surface area contributed by atoms with Crippen LogP contribution in [-0.2, 0) is 30.7 Å². The lowest BCUT2D eigenvalue weighted by molar-refractivity contribution is 0.0297. The fourth-order valence-corrected chi connectivity index (χ4v) is 4.92. The second-order valence-electron chi connectivity index (χ2n) is 8.61. The lowest BCUT2D eigenvalue weighted by Gasteiger charge is -2.28. The minimum absolute atomic E-state index is 0.0297. The standard InChI is InChI=1S/C26H30N4O2/c1-2-12-30-24-11-10-21(27-18-20-8-5-7-19-6-3-4-9-22(19)20)17-23(24)25(28-30)26(31)29-13-15-32-16-14-29/h2-9,21,27H,1,10-18H2/t21-/m0/s1. The minimum atomic E-state index is 0.0297. The van der Waals surface area contributed by atoms with Crippen LogP contribution in [0.5, 0.6) is 0 Å². The number of benzene rings is 2. The van der Waals surface area contributed by atoms with Crippen LogP contribution in [0.25, 0.3) is 10.8 Å². The largest absolute Gasteiger partial charge is 0.378 e. The van der Waals surface area contributed by atoms with Gasteiger partial charge in [-0.05, 0) is 35.6 Å². The molecule has 166 valence electrons. The van der Waals surface area contributed by atoms with E-state index in [4.69, 9.17) is 9.84 Å². The number of ether oxygens (including phenoxy) is 1. The van der Waals surface area contributed by atoms with E-state index >= 15 is 0 Å². The molecule has 5 rings (SSSR count). The molecule has 6 heteroatoms. The van der Waals surface area contributed by atoms with Crippen molar-refractivity contribution in [3.8, 4) is 0 Å². The quantitative estimate of drug-likeness (QED) is 0.610. The Bertz CT molecular complexity index is 1120. The SMILES string of the molecule is C=CCn1nc(C(=O)N2CCOCC2)c2c1CC[C@H](NCc1cccc3ccccc13)C2. The summed E-state index contributed by atoms with van der Waals surface area (Å²) in [5, 5.41) is 11.0. The minimum Gasteiger partial charge on any atom is -0.378 e. The van der Waals surface area contributed by atoms with E-state index in [1.807, 2.05) is 15.7 Å². The first kappa shape index (κ1) is 20.9. The third-order valence-electron chi connectivity index (χ3n) is 6.61. The Kier molecular flexibility index (Phi) is 6.06. The topological polar surface area (TPSA) is 59.4 Å². The molecule has 32 heavy (non-hydrogen) atoms. The van der Waals surface area contributed by atoms with Crippen molar-refractivity contribution in [2.45, 2.75) is 38.4 Å². The van der Waals surface area contributed by atoms with Crippen LogP contribution >= 0.6 is 0 Å². The highest BCUT2D eigenvalue weighted by Crippen LogP contribution is 2.27. The highest BCUT2D eigenvalue weighted by Gasteiger charge is 2.31. The van der Waals surface area contributed by atoms with Crippen molar-refractivity contribution in [2.75, 3.05) is 26.3 Å². The van der Waals surface area contributed by atoms with Gasteiger partial charge in [0.1, 0.15) is 0 Å². The number of aromatic nitrogens is 2. The zero-order valence-electron chi connectivity index (χ0n) is 18.4. The molecule has 6 nitrogen and oxygen atoms in total. The van der Waals surface area contributed by atoms with Gasteiger partial charge >= 0.3 is 0 Å². The Labute approximate surface area is 188 Å². The van der Waals surface area contributed by atoms with Crippen molar-refractivity contribution in [3.05, 3.63) is 77.6 Å². The van der Waals surface area contributed by atoms with Crippen molar-refractivity contribution in [2.24, 2.45) is 0 Å². The summed E-state index contributed by atoms with van der Waals surface area (Å²) >= 11 is 0. The van der Waals surface area contributed by atoms with E-state index in [0.717, 1.165) is 31.4 Å². The maximum absolute atomic E-state index is 13.3. The smallest absolute Gasteiger partial charge is 0.274 e. The van der Waals surface area contributed by atoms with Crippen LogP contribution < -0.4 is 5.32 Å². The third kappa shape index (κ3) is 4.08. The van der Waals surface area contributed by atoms with Gasteiger partial charge in [-0.3, -0.25) is 9.48 Å². The van der Waals surface area contributed by atoms with Gasteiger partial charge in [-0.1, -0.05) is 48.5 Å². The Balaban J connectivity index is 1.36. The van der Waals surface area contributed by atoms with Crippen molar-refractivity contribution >= 4 is 16.7 Å². The average Bonchev–Trinajstić information content (AvgIpc) is 3.20. The Hall–Kier alpha value is -2.96. The molecule has 0 spiro atoms. The molecule has 1 aromatic heterocycles. The summed E-state index contributed by atoms with van der Waals surface area (Å²) in [6.45, 7) is 7.76. The first-order valence-corrected chi connectivity index (χ1v) is 11.5. The van der Waals surface area contributed by atoms with E-state index in [1.54, 1.807) is 0 Å². The monoisotopic (exact) mass is 430 g/mol. The summed E-state index contributed by atoms with van der Waals surface area (Å²) in [6, 6.07) is 15.3. The lowest BCUT2D eigenvalue weighted by Crippen LogP contribution is -2.41. The number of nitrogens with zero attached hydrogens (tertiary/aromatic N) is 3. The number of morpholine rings is 1. The number of carbonyl (C=O) groups excluding carboxylic acids is 1. The molecule has 2 aliphatic rings. The molecule has 0 unspecified atom stereocenters. The molecule has 1 atom stereocenters. The van der Waals surface area contributed by atoms with E-state index in [0.29, 0.717) is 44.6 Å². The number of amides is 1. The number of nitrogens with one attached hydrogen (secondary N) is 1. The Morgan fingerprint density at radius 2 is 2.00 bits per heavy atom. The summed E-state index contributed by atoms with van der Waals surface area (Å²) < 4.78 is 7.39. The van der Waals surface area contributed by atoms with Crippen LogP contribution in [0.3, 0.4) is 0 Å². The van der Waals surface area contributed by atoms with Crippen LogP contribution in [0.2, 0.25) is 0 Å². The van der Waals surface area contributed by atoms with Crippen molar-refractivity contribution in [1.82, 2.24) is 20.0 Å². The predicted octanol–water partition coefficient (Wildman–Crippen LogP) is 3.34. The van der Waals surface area contributed by atoms with E-state index in [-0.39, 0.29) is 5.91 Å². The summed E-state index contributed by atoms with van der Waals surface area (Å²) in [5.41, 5.74) is 4.20.